The molecule has 0 unspecified atom stereocenters. The van der Waals surface area contributed by atoms with Gasteiger partial charge in [0.25, 0.3) is 0 Å². The number of carbonyl (C=O) groups excluding carboxylic acids is 1. The number of rotatable bonds is 3. The van der Waals surface area contributed by atoms with Crippen molar-refractivity contribution in [2.75, 3.05) is 25.1 Å². The van der Waals surface area contributed by atoms with Crippen molar-refractivity contribution in [3.05, 3.63) is 36.5 Å². The summed E-state index contributed by atoms with van der Waals surface area (Å²) in [5.41, 5.74) is 0.661. The molecule has 2 aromatic heterocycles. The van der Waals surface area contributed by atoms with Gasteiger partial charge in [-0.2, -0.15) is 0 Å². The lowest BCUT2D eigenvalue weighted by molar-refractivity contribution is -0.120. The molecule has 1 aliphatic heterocycles. The van der Waals surface area contributed by atoms with Crippen LogP contribution in [-0.2, 0) is 9.53 Å². The Hall–Kier alpha value is -2.25. The molecule has 3 rings (SSSR count). The van der Waals surface area contributed by atoms with Crippen molar-refractivity contribution in [2.24, 2.45) is 0 Å². The molecule has 0 aromatic carbocycles. The summed E-state index contributed by atoms with van der Waals surface area (Å²) < 4.78 is 7.15. The van der Waals surface area contributed by atoms with Gasteiger partial charge in [0.1, 0.15) is 17.7 Å². The fourth-order valence-corrected chi connectivity index (χ4v) is 2.19. The number of imidazole rings is 1. The van der Waals surface area contributed by atoms with Gasteiger partial charge < -0.3 is 15.4 Å². The number of nitrogens with one attached hydrogen (secondary N) is 2. The Morgan fingerprint density at radius 2 is 2.38 bits per heavy atom. The number of hydrogen-bond acceptors (Lipinski definition) is 5. The molecule has 110 valence electrons. The first kappa shape index (κ1) is 13.7. The molecular formula is C14H17N5O2. The standard InChI is InChI=1S/C14H17N5O2/c1-10-15-4-6-19(10)13-3-2-11(8-17-13)18-14(20)12-9-21-7-5-16-12/h2-4,6,8,12,16H,5,7,9H2,1H3,(H,18,20)/t12-/m1/s1. The van der Waals surface area contributed by atoms with Gasteiger partial charge in [-0.05, 0) is 19.1 Å². The first-order valence-corrected chi connectivity index (χ1v) is 6.82. The molecule has 1 saturated heterocycles. The summed E-state index contributed by atoms with van der Waals surface area (Å²) in [7, 11) is 0. The van der Waals surface area contributed by atoms with Crippen LogP contribution in [0, 0.1) is 6.92 Å². The Kier molecular flexibility index (Phi) is 3.94. The molecule has 2 N–H and O–H groups in total. The molecule has 0 radical (unpaired) electrons. The SMILES string of the molecule is Cc1nccn1-c1ccc(NC(=O)[C@H]2COCCN2)cn1. The molecule has 2 aromatic rings. The smallest absolute Gasteiger partial charge is 0.243 e. The highest BCUT2D eigenvalue weighted by atomic mass is 16.5. The number of morpholine rings is 1. The molecule has 21 heavy (non-hydrogen) atoms. The van der Waals surface area contributed by atoms with E-state index in [4.69, 9.17) is 4.74 Å². The fraction of sp³-hybridized carbons (Fsp3) is 0.357. The summed E-state index contributed by atoms with van der Waals surface area (Å²) in [4.78, 5) is 20.5. The monoisotopic (exact) mass is 287 g/mol. The zero-order chi connectivity index (χ0) is 14.7. The number of ether oxygens (including phenoxy) is 1. The maximum atomic E-state index is 12.0. The molecule has 1 aliphatic rings. The quantitative estimate of drug-likeness (QED) is 0.859. The van der Waals surface area contributed by atoms with Gasteiger partial charge in [-0.1, -0.05) is 0 Å². The number of hydrogen-bond donors (Lipinski definition) is 2. The van der Waals surface area contributed by atoms with Crippen LogP contribution in [0.25, 0.3) is 5.82 Å². The molecule has 1 atom stereocenters. The van der Waals surface area contributed by atoms with Crippen LogP contribution in [0.5, 0.6) is 0 Å². The highest BCUT2D eigenvalue weighted by Crippen LogP contribution is 2.12. The summed E-state index contributed by atoms with van der Waals surface area (Å²) in [6, 6.07) is 3.35. The molecule has 7 heteroatoms. The van der Waals surface area contributed by atoms with Crippen molar-refractivity contribution in [3.8, 4) is 5.82 Å². The van der Waals surface area contributed by atoms with E-state index < -0.39 is 0 Å². The average Bonchev–Trinajstić information content (AvgIpc) is 2.95. The van der Waals surface area contributed by atoms with Crippen molar-refractivity contribution < 1.29 is 9.53 Å². The third kappa shape index (κ3) is 3.09. The van der Waals surface area contributed by atoms with Gasteiger partial charge in [-0.15, -0.1) is 0 Å². The van der Waals surface area contributed by atoms with Crippen LogP contribution in [0.3, 0.4) is 0 Å². The number of amides is 1. The number of carbonyl (C=O) groups is 1. The Labute approximate surface area is 122 Å². The van der Waals surface area contributed by atoms with Crippen molar-refractivity contribution in [3.63, 3.8) is 0 Å². The van der Waals surface area contributed by atoms with Crippen LogP contribution >= 0.6 is 0 Å². The van der Waals surface area contributed by atoms with Crippen molar-refractivity contribution in [2.45, 2.75) is 13.0 Å². The van der Waals surface area contributed by atoms with E-state index in [2.05, 4.69) is 20.6 Å². The normalized spacial score (nSPS) is 18.4. The number of aryl methyl sites for hydroxylation is 1. The van der Waals surface area contributed by atoms with Crippen LogP contribution in [-0.4, -0.2) is 46.2 Å². The maximum Gasteiger partial charge on any atom is 0.243 e. The van der Waals surface area contributed by atoms with Gasteiger partial charge in [0, 0.05) is 18.9 Å². The van der Waals surface area contributed by atoms with E-state index in [1.165, 1.54) is 0 Å². The molecule has 7 nitrogen and oxygen atoms in total. The second-order valence-corrected chi connectivity index (χ2v) is 4.82. The first-order chi connectivity index (χ1) is 10.2. The third-order valence-electron chi connectivity index (χ3n) is 3.33. The highest BCUT2D eigenvalue weighted by molar-refractivity contribution is 5.94. The van der Waals surface area contributed by atoms with Crippen LogP contribution in [0.1, 0.15) is 5.82 Å². The van der Waals surface area contributed by atoms with E-state index in [0.717, 1.165) is 11.6 Å². The molecule has 0 aliphatic carbocycles. The summed E-state index contributed by atoms with van der Waals surface area (Å²) in [6.45, 7) is 3.64. The summed E-state index contributed by atoms with van der Waals surface area (Å²) in [5, 5.41) is 5.94. The lowest BCUT2D eigenvalue weighted by Crippen LogP contribution is -2.48. The fourth-order valence-electron chi connectivity index (χ4n) is 2.19. The minimum Gasteiger partial charge on any atom is -0.378 e. The second-order valence-electron chi connectivity index (χ2n) is 4.82. The van der Waals surface area contributed by atoms with E-state index in [9.17, 15) is 4.79 Å². The van der Waals surface area contributed by atoms with Gasteiger partial charge in [-0.3, -0.25) is 9.36 Å². The van der Waals surface area contributed by atoms with Gasteiger partial charge in [0.05, 0.1) is 25.1 Å². The molecule has 3 heterocycles. The van der Waals surface area contributed by atoms with Gasteiger partial charge in [0.2, 0.25) is 5.91 Å². The Morgan fingerprint density at radius 3 is 3.00 bits per heavy atom. The van der Waals surface area contributed by atoms with E-state index in [-0.39, 0.29) is 11.9 Å². The largest absolute Gasteiger partial charge is 0.378 e. The minimum absolute atomic E-state index is 0.108. The number of nitrogens with zero attached hydrogens (tertiary/aromatic N) is 3. The number of anilines is 1. The van der Waals surface area contributed by atoms with Crippen molar-refractivity contribution >= 4 is 11.6 Å². The van der Waals surface area contributed by atoms with Crippen molar-refractivity contribution in [1.82, 2.24) is 19.9 Å². The van der Waals surface area contributed by atoms with Crippen LogP contribution in [0.15, 0.2) is 30.7 Å². The predicted molar refractivity (Wildman–Crippen MR) is 77.3 cm³/mol. The van der Waals surface area contributed by atoms with Gasteiger partial charge in [-0.25, -0.2) is 9.97 Å². The Balaban J connectivity index is 1.67. The third-order valence-corrected chi connectivity index (χ3v) is 3.33. The predicted octanol–water partition coefficient (Wildman–Crippen LogP) is 0.503. The number of aromatic nitrogens is 3. The van der Waals surface area contributed by atoms with Gasteiger partial charge >= 0.3 is 0 Å². The second kappa shape index (κ2) is 6.02. The van der Waals surface area contributed by atoms with E-state index in [1.807, 2.05) is 29.8 Å². The summed E-state index contributed by atoms with van der Waals surface area (Å²) in [6.07, 6.45) is 5.21. The van der Waals surface area contributed by atoms with Crippen LogP contribution in [0.4, 0.5) is 5.69 Å². The molecule has 0 saturated carbocycles. The molecule has 1 amide bonds. The topological polar surface area (TPSA) is 81.1 Å². The molecule has 0 bridgehead atoms. The molecule has 0 spiro atoms. The molecule has 1 fully saturated rings. The van der Waals surface area contributed by atoms with Crippen LogP contribution in [0.2, 0.25) is 0 Å². The highest BCUT2D eigenvalue weighted by Gasteiger charge is 2.21. The van der Waals surface area contributed by atoms with Crippen molar-refractivity contribution in [1.29, 1.82) is 0 Å². The lowest BCUT2D eigenvalue weighted by Gasteiger charge is -2.22. The van der Waals surface area contributed by atoms with Gasteiger partial charge in [0.15, 0.2) is 0 Å². The summed E-state index contributed by atoms with van der Waals surface area (Å²) >= 11 is 0. The lowest BCUT2D eigenvalue weighted by atomic mass is 10.2. The Morgan fingerprint density at radius 1 is 1.48 bits per heavy atom. The minimum atomic E-state index is -0.311. The summed E-state index contributed by atoms with van der Waals surface area (Å²) in [5.74, 6) is 1.52. The number of pyridine rings is 1. The maximum absolute atomic E-state index is 12.0. The molecular weight excluding hydrogens is 270 g/mol. The first-order valence-electron chi connectivity index (χ1n) is 6.82. The average molecular weight is 287 g/mol. The van der Waals surface area contributed by atoms with E-state index in [0.29, 0.717) is 25.4 Å². The van der Waals surface area contributed by atoms with Crippen LogP contribution < -0.4 is 10.6 Å². The Bertz CT molecular complexity index is 617. The van der Waals surface area contributed by atoms with E-state index in [1.54, 1.807) is 12.4 Å². The zero-order valence-corrected chi connectivity index (χ0v) is 11.7. The zero-order valence-electron chi connectivity index (χ0n) is 11.7. The van der Waals surface area contributed by atoms with E-state index >= 15 is 0 Å².